The van der Waals surface area contributed by atoms with Crippen molar-refractivity contribution in [1.82, 2.24) is 29.5 Å². The van der Waals surface area contributed by atoms with E-state index in [1.165, 1.54) is 11.9 Å². The first-order chi connectivity index (χ1) is 23.1. The molecule has 2 bridgehead atoms. The minimum atomic E-state index is -4.27. The van der Waals surface area contributed by atoms with Crippen LogP contribution in [0.15, 0.2) is 30.6 Å². The van der Waals surface area contributed by atoms with Crippen molar-refractivity contribution >= 4 is 54.2 Å². The number of aromatic nitrogens is 3. The number of nitrogens with zero attached hydrogens (tertiary/aromatic N) is 5. The van der Waals surface area contributed by atoms with Gasteiger partial charge in [-0.3, -0.25) is 9.69 Å². The van der Waals surface area contributed by atoms with E-state index in [1.807, 2.05) is 6.07 Å². The zero-order chi connectivity index (χ0) is 34.8. The largest absolute Gasteiger partial charge is 0.393 e. The Balaban J connectivity index is 0.960. The first-order valence-corrected chi connectivity index (χ1v) is 18.9. The summed E-state index contributed by atoms with van der Waals surface area (Å²) in [5, 5.41) is 18.2. The summed E-state index contributed by atoms with van der Waals surface area (Å²) in [6.45, 7) is 4.98. The van der Waals surface area contributed by atoms with Crippen LogP contribution in [0.3, 0.4) is 0 Å². The van der Waals surface area contributed by atoms with Crippen molar-refractivity contribution in [3.05, 3.63) is 52.3 Å². The van der Waals surface area contributed by atoms with Crippen molar-refractivity contribution < 1.29 is 26.4 Å². The van der Waals surface area contributed by atoms with Crippen molar-refractivity contribution in [1.29, 1.82) is 5.26 Å². The summed E-state index contributed by atoms with van der Waals surface area (Å²) < 4.78 is 65.8. The van der Waals surface area contributed by atoms with E-state index in [-0.39, 0.29) is 34.3 Å². The number of carbonyl (C=O) groups is 1. The molecule has 3 aromatic heterocycles. The number of carbonyl (C=O) groups excluding carboxylic acids is 1. The topological polar surface area (TPSA) is 145 Å². The van der Waals surface area contributed by atoms with Crippen LogP contribution in [0.1, 0.15) is 53.8 Å². The number of nitrogens with one attached hydrogen (secondary N) is 3. The Bertz CT molecular complexity index is 2080. The Kier molecular flexibility index (Phi) is 8.40. The minimum Gasteiger partial charge on any atom is -0.367 e. The number of hydrogen-bond acceptors (Lipinski definition) is 9. The Morgan fingerprint density at radius 1 is 1.14 bits per heavy atom. The zero-order valence-electron chi connectivity index (χ0n) is 27.2. The number of amides is 1. The van der Waals surface area contributed by atoms with E-state index in [1.54, 1.807) is 6.07 Å². The van der Waals surface area contributed by atoms with Crippen molar-refractivity contribution in [3.63, 3.8) is 0 Å². The van der Waals surface area contributed by atoms with Crippen LogP contribution in [-0.2, 0) is 34.3 Å². The second-order valence-electron chi connectivity index (χ2n) is 14.1. The molecule has 0 unspecified atom stereocenters. The van der Waals surface area contributed by atoms with Crippen LogP contribution in [-0.4, -0.2) is 77.4 Å². The zero-order valence-corrected chi connectivity index (χ0v) is 28.8. The standard InChI is InChI=1S/C33H37F3N8O3S2/c1-20-21(14-43-7-5-22(6-8-43)41-29-26-10-24(11-33(34,35)36)48-30(26)39-19-38-29)3-4-27-25(20)9-23(12-37)44(27)18-31-15-32(16-31,17-31)42-28(45)13-40-49(2,46)47/h3-4,9-10,19,22,40H,5-8,11,13-18H2,1-2H3,(H,42,45)(H,38,39,41). The number of hydrogen-bond donors (Lipinski definition) is 3. The van der Waals surface area contributed by atoms with E-state index in [2.05, 4.69) is 59.9 Å². The third-order valence-electron chi connectivity index (χ3n) is 10.2. The molecule has 1 aliphatic heterocycles. The highest BCUT2D eigenvalue weighted by molar-refractivity contribution is 7.88. The highest BCUT2D eigenvalue weighted by Crippen LogP contribution is 2.68. The van der Waals surface area contributed by atoms with Crippen LogP contribution in [0.4, 0.5) is 19.0 Å². The second-order valence-corrected chi connectivity index (χ2v) is 17.1. The molecule has 3 N–H and O–H groups in total. The van der Waals surface area contributed by atoms with Crippen molar-refractivity contribution in [3.8, 4) is 6.07 Å². The van der Waals surface area contributed by atoms with Gasteiger partial charge in [0.1, 0.15) is 28.7 Å². The Labute approximate surface area is 285 Å². The van der Waals surface area contributed by atoms with E-state index >= 15 is 0 Å². The summed E-state index contributed by atoms with van der Waals surface area (Å²) in [5.41, 5.74) is 3.68. The van der Waals surface area contributed by atoms with Crippen molar-refractivity contribution in [2.45, 2.75) is 76.3 Å². The summed E-state index contributed by atoms with van der Waals surface area (Å²) in [6.07, 6.45) is 1.28. The number of thiophene rings is 1. The molecule has 3 aliphatic carbocycles. The molecule has 3 saturated carbocycles. The summed E-state index contributed by atoms with van der Waals surface area (Å²) in [4.78, 5) is 24.0. The third kappa shape index (κ3) is 6.99. The molecule has 4 heterocycles. The lowest BCUT2D eigenvalue weighted by molar-refractivity contribution is -0.171. The van der Waals surface area contributed by atoms with Crippen LogP contribution >= 0.6 is 11.3 Å². The number of nitriles is 1. The number of fused-ring (bicyclic) bond motifs is 2. The van der Waals surface area contributed by atoms with Gasteiger partial charge in [0.2, 0.25) is 15.9 Å². The average molecular weight is 715 g/mol. The van der Waals surface area contributed by atoms with Crippen LogP contribution in [0, 0.1) is 23.7 Å². The molecule has 4 aromatic rings. The van der Waals surface area contributed by atoms with Crippen molar-refractivity contribution in [2.75, 3.05) is 31.2 Å². The fourth-order valence-corrected chi connectivity index (χ4v) is 9.52. The van der Waals surface area contributed by atoms with Gasteiger partial charge in [0, 0.05) is 53.5 Å². The molecular formula is C33H37F3N8O3S2. The van der Waals surface area contributed by atoms with Gasteiger partial charge in [-0.1, -0.05) is 6.07 Å². The van der Waals surface area contributed by atoms with Crippen LogP contribution in [0.5, 0.6) is 0 Å². The lowest BCUT2D eigenvalue weighted by atomic mass is 9.39. The number of anilines is 1. The third-order valence-corrected chi connectivity index (χ3v) is 11.9. The fraction of sp³-hybridized carbons (Fsp3) is 0.515. The van der Waals surface area contributed by atoms with Crippen LogP contribution in [0.25, 0.3) is 21.1 Å². The molecule has 260 valence electrons. The number of sulfonamides is 1. The summed E-state index contributed by atoms with van der Waals surface area (Å²) in [5.74, 6) is 0.242. The second kappa shape index (κ2) is 12.2. The summed E-state index contributed by atoms with van der Waals surface area (Å²) in [7, 11) is -3.44. The van der Waals surface area contributed by atoms with Gasteiger partial charge in [-0.05, 0) is 73.8 Å². The number of alkyl halides is 3. The SMILES string of the molecule is Cc1c(CN2CCC(Nc3ncnc4sc(CC(F)(F)F)cc34)CC2)ccc2c1cc(C#N)n2CC12CC(NC(=O)CNS(C)(=O)=O)(C1)C2. The highest BCUT2D eigenvalue weighted by atomic mass is 32.2. The maximum absolute atomic E-state index is 12.9. The van der Waals surface area contributed by atoms with Gasteiger partial charge in [0.15, 0.2) is 0 Å². The number of rotatable bonds is 11. The Hall–Kier alpha value is -3.78. The molecule has 4 aliphatic rings. The molecule has 0 radical (unpaired) electrons. The fourth-order valence-electron chi connectivity index (χ4n) is 8.10. The quantitative estimate of drug-likeness (QED) is 0.205. The molecular weight excluding hydrogens is 678 g/mol. The van der Waals surface area contributed by atoms with Gasteiger partial charge in [0.05, 0.1) is 24.6 Å². The number of benzene rings is 1. The molecule has 49 heavy (non-hydrogen) atoms. The lowest BCUT2D eigenvalue weighted by Gasteiger charge is -2.70. The maximum atomic E-state index is 12.9. The van der Waals surface area contributed by atoms with E-state index < -0.39 is 22.6 Å². The predicted octanol–water partition coefficient (Wildman–Crippen LogP) is 4.60. The van der Waals surface area contributed by atoms with E-state index in [0.717, 1.165) is 85.8 Å². The summed E-state index contributed by atoms with van der Waals surface area (Å²) in [6, 6.07) is 10.3. The Morgan fingerprint density at radius 2 is 1.88 bits per heavy atom. The van der Waals surface area contributed by atoms with Gasteiger partial charge >= 0.3 is 6.18 Å². The molecule has 8 rings (SSSR count). The predicted molar refractivity (Wildman–Crippen MR) is 180 cm³/mol. The van der Waals surface area contributed by atoms with E-state index in [9.17, 15) is 31.6 Å². The van der Waals surface area contributed by atoms with Crippen LogP contribution in [0.2, 0.25) is 0 Å². The van der Waals surface area contributed by atoms with Gasteiger partial charge in [-0.15, -0.1) is 11.3 Å². The van der Waals surface area contributed by atoms with E-state index in [4.69, 9.17) is 0 Å². The molecule has 1 aromatic carbocycles. The minimum absolute atomic E-state index is 0.00633. The average Bonchev–Trinajstić information content (AvgIpc) is 3.56. The van der Waals surface area contributed by atoms with Gasteiger partial charge in [0.25, 0.3) is 0 Å². The highest BCUT2D eigenvalue weighted by Gasteiger charge is 2.68. The smallest absolute Gasteiger partial charge is 0.367 e. The number of likely N-dealkylation sites (tertiary alicyclic amines) is 1. The maximum Gasteiger partial charge on any atom is 0.393 e. The van der Waals surface area contributed by atoms with Gasteiger partial charge in [-0.25, -0.2) is 23.1 Å². The molecule has 0 atom stereocenters. The normalized spacial score (nSPS) is 22.9. The molecule has 0 spiro atoms. The first kappa shape index (κ1) is 33.7. The summed E-state index contributed by atoms with van der Waals surface area (Å²) >= 11 is 1.05. The van der Waals surface area contributed by atoms with Crippen molar-refractivity contribution in [2.24, 2.45) is 5.41 Å². The molecule has 1 amide bonds. The van der Waals surface area contributed by atoms with E-state index in [0.29, 0.717) is 28.3 Å². The van der Waals surface area contributed by atoms with Gasteiger partial charge < -0.3 is 15.2 Å². The Morgan fingerprint density at radius 3 is 2.55 bits per heavy atom. The molecule has 11 nitrogen and oxygen atoms in total. The molecule has 16 heteroatoms. The lowest BCUT2D eigenvalue weighted by Crippen LogP contribution is -2.76. The molecule has 4 fully saturated rings. The number of aryl methyl sites for hydroxylation is 1. The molecule has 1 saturated heterocycles. The number of piperidine rings is 1. The monoisotopic (exact) mass is 714 g/mol. The first-order valence-electron chi connectivity index (χ1n) is 16.2. The van der Waals surface area contributed by atoms with Gasteiger partial charge in [-0.2, -0.15) is 18.4 Å². The number of halogens is 3. The van der Waals surface area contributed by atoms with Crippen LogP contribution < -0.4 is 15.4 Å².